The van der Waals surface area contributed by atoms with Gasteiger partial charge in [-0.05, 0) is 24.4 Å². The first-order valence-electron chi connectivity index (χ1n) is 4.34. The molecule has 0 unspecified atom stereocenters. The van der Waals surface area contributed by atoms with Crippen LogP contribution in [0.15, 0.2) is 25.3 Å². The second-order valence-corrected chi connectivity index (χ2v) is 3.60. The summed E-state index contributed by atoms with van der Waals surface area (Å²) in [5.74, 6) is 0.628. The van der Waals surface area contributed by atoms with Crippen molar-refractivity contribution in [2.75, 3.05) is 18.0 Å². The van der Waals surface area contributed by atoms with Crippen molar-refractivity contribution in [2.24, 2.45) is 0 Å². The normalized spacial score (nSPS) is 9.00. The van der Waals surface area contributed by atoms with E-state index in [1.54, 1.807) is 12.2 Å². The molecule has 0 saturated heterocycles. The number of aromatic amines is 2. The molecule has 7 heteroatoms. The standard InChI is InChI=1S/C9H12N4S2.Na.H/c1-3-5-13(6-4-2)7-10-8(14)12-9(15)11-7;;/h3-4H,1-2,5-6H2,(H2,10,11,12,14,15);;/q;+1;-1. The summed E-state index contributed by atoms with van der Waals surface area (Å²) in [6.07, 6.45) is 3.56. The van der Waals surface area contributed by atoms with E-state index < -0.39 is 0 Å². The van der Waals surface area contributed by atoms with Gasteiger partial charge in [-0.3, -0.25) is 0 Å². The zero-order chi connectivity index (χ0) is 11.3. The minimum Gasteiger partial charge on any atom is -1.00 e. The first-order chi connectivity index (χ1) is 7.17. The Morgan fingerprint density at radius 1 is 1.25 bits per heavy atom. The maximum absolute atomic E-state index is 4.98. The molecule has 0 amide bonds. The maximum atomic E-state index is 4.98. The fraction of sp³-hybridized carbons (Fsp3) is 0.222. The van der Waals surface area contributed by atoms with Gasteiger partial charge in [-0.2, -0.15) is 4.98 Å². The van der Waals surface area contributed by atoms with Gasteiger partial charge in [0.05, 0.1) is 0 Å². The van der Waals surface area contributed by atoms with Crippen molar-refractivity contribution in [1.82, 2.24) is 15.0 Å². The average Bonchev–Trinajstić information content (AvgIpc) is 2.16. The molecule has 0 aliphatic carbocycles. The van der Waals surface area contributed by atoms with E-state index >= 15 is 0 Å². The summed E-state index contributed by atoms with van der Waals surface area (Å²) >= 11 is 9.92. The van der Waals surface area contributed by atoms with Gasteiger partial charge in [0.15, 0.2) is 4.77 Å². The molecule has 1 aromatic rings. The number of hydrogen-bond acceptors (Lipinski definition) is 4. The second kappa shape index (κ2) is 7.92. The van der Waals surface area contributed by atoms with Gasteiger partial charge in [0, 0.05) is 13.1 Å². The number of nitrogens with one attached hydrogen (secondary N) is 2. The van der Waals surface area contributed by atoms with Crippen molar-refractivity contribution in [1.29, 1.82) is 0 Å². The van der Waals surface area contributed by atoms with Crippen LogP contribution < -0.4 is 34.5 Å². The third-order valence-electron chi connectivity index (χ3n) is 1.65. The number of anilines is 1. The van der Waals surface area contributed by atoms with E-state index in [2.05, 4.69) is 28.1 Å². The topological polar surface area (TPSA) is 47.7 Å². The number of H-pyrrole nitrogens is 2. The molecule has 1 heterocycles. The minimum atomic E-state index is 0. The fourth-order valence-electron chi connectivity index (χ4n) is 1.09. The molecule has 0 saturated carbocycles. The van der Waals surface area contributed by atoms with Crippen molar-refractivity contribution in [3.8, 4) is 0 Å². The van der Waals surface area contributed by atoms with Crippen LogP contribution in [0.5, 0.6) is 0 Å². The number of hydrogen-bond donors (Lipinski definition) is 2. The number of nitrogens with zero attached hydrogens (tertiary/aromatic N) is 2. The van der Waals surface area contributed by atoms with Gasteiger partial charge in [0.1, 0.15) is 0 Å². The predicted octanol–water partition coefficient (Wildman–Crippen LogP) is -0.508. The van der Waals surface area contributed by atoms with Gasteiger partial charge in [-0.15, -0.1) is 13.2 Å². The predicted molar refractivity (Wildman–Crippen MR) is 68.3 cm³/mol. The maximum Gasteiger partial charge on any atom is 1.00 e. The Kier molecular flexibility index (Phi) is 7.78. The van der Waals surface area contributed by atoms with Crippen molar-refractivity contribution >= 4 is 30.4 Å². The molecule has 0 radical (unpaired) electrons. The van der Waals surface area contributed by atoms with Crippen LogP contribution in [0.25, 0.3) is 0 Å². The molecule has 0 fully saturated rings. The van der Waals surface area contributed by atoms with Crippen LogP contribution in [0.4, 0.5) is 5.95 Å². The Bertz CT molecular complexity index is 432. The zero-order valence-corrected chi connectivity index (χ0v) is 12.8. The van der Waals surface area contributed by atoms with Gasteiger partial charge in [0.2, 0.25) is 10.7 Å². The molecule has 2 N–H and O–H groups in total. The van der Waals surface area contributed by atoms with Crippen LogP contribution in [-0.2, 0) is 0 Å². The molecule has 0 aliphatic heterocycles. The van der Waals surface area contributed by atoms with Gasteiger partial charge in [0.25, 0.3) is 0 Å². The first-order valence-corrected chi connectivity index (χ1v) is 5.16. The average molecular weight is 264 g/mol. The molecular weight excluding hydrogens is 251 g/mol. The Morgan fingerprint density at radius 3 is 2.25 bits per heavy atom. The number of aromatic nitrogens is 3. The van der Waals surface area contributed by atoms with E-state index in [0.717, 1.165) is 0 Å². The van der Waals surface area contributed by atoms with Crippen LogP contribution in [0.3, 0.4) is 0 Å². The molecule has 0 spiro atoms. The molecule has 0 aromatic carbocycles. The first kappa shape index (κ1) is 15.7. The zero-order valence-electron chi connectivity index (χ0n) is 10.2. The van der Waals surface area contributed by atoms with Crippen molar-refractivity contribution in [3.05, 3.63) is 34.9 Å². The van der Waals surface area contributed by atoms with Gasteiger partial charge < -0.3 is 16.3 Å². The summed E-state index contributed by atoms with van der Waals surface area (Å²) < 4.78 is 0.829. The van der Waals surface area contributed by atoms with Gasteiger partial charge in [-0.1, -0.05) is 12.2 Å². The van der Waals surface area contributed by atoms with Crippen LogP contribution in [-0.4, -0.2) is 28.0 Å². The third-order valence-corrected chi connectivity index (χ3v) is 2.05. The van der Waals surface area contributed by atoms with Crippen molar-refractivity contribution in [3.63, 3.8) is 0 Å². The van der Waals surface area contributed by atoms with E-state index in [4.69, 9.17) is 24.4 Å². The quantitative estimate of drug-likeness (QED) is 0.427. The Balaban J connectivity index is 0. The van der Waals surface area contributed by atoms with Crippen LogP contribution in [0.2, 0.25) is 0 Å². The second-order valence-electron chi connectivity index (χ2n) is 2.80. The Hall–Kier alpha value is -0.270. The van der Waals surface area contributed by atoms with Crippen LogP contribution >= 0.6 is 24.4 Å². The van der Waals surface area contributed by atoms with Crippen LogP contribution in [0, 0.1) is 9.54 Å². The summed E-state index contributed by atoms with van der Waals surface area (Å²) in [4.78, 5) is 11.7. The summed E-state index contributed by atoms with van der Waals surface area (Å²) in [7, 11) is 0. The molecule has 4 nitrogen and oxygen atoms in total. The van der Waals surface area contributed by atoms with Gasteiger partial charge >= 0.3 is 29.6 Å². The van der Waals surface area contributed by atoms with Gasteiger partial charge in [-0.25, -0.2) is 0 Å². The Labute approximate surface area is 128 Å². The van der Waals surface area contributed by atoms with E-state index in [1.165, 1.54) is 0 Å². The summed E-state index contributed by atoms with van der Waals surface area (Å²) in [5, 5.41) is 0. The molecular formula is C9H13N4NaS2. The molecule has 82 valence electrons. The molecule has 0 aliphatic rings. The third kappa shape index (κ3) is 4.71. The molecule has 16 heavy (non-hydrogen) atoms. The van der Waals surface area contributed by atoms with E-state index in [-0.39, 0.29) is 31.0 Å². The van der Waals surface area contributed by atoms with E-state index in [9.17, 15) is 0 Å². The Morgan fingerprint density at radius 2 is 1.81 bits per heavy atom. The smallest absolute Gasteiger partial charge is 1.00 e. The molecule has 1 rings (SSSR count). The summed E-state index contributed by atoms with van der Waals surface area (Å²) in [5.41, 5.74) is 0. The van der Waals surface area contributed by atoms with E-state index in [1.807, 2.05) is 4.90 Å². The minimum absolute atomic E-state index is 0. The summed E-state index contributed by atoms with van der Waals surface area (Å²) in [6.45, 7) is 8.66. The van der Waals surface area contributed by atoms with Crippen molar-refractivity contribution < 1.29 is 31.0 Å². The molecule has 0 atom stereocenters. The number of rotatable bonds is 5. The fourth-order valence-corrected chi connectivity index (χ4v) is 1.53. The van der Waals surface area contributed by atoms with Crippen molar-refractivity contribution in [2.45, 2.75) is 0 Å². The molecule has 0 bridgehead atoms. The van der Waals surface area contributed by atoms with E-state index in [0.29, 0.717) is 28.6 Å². The molecule has 1 aromatic heterocycles. The monoisotopic (exact) mass is 264 g/mol. The SMILES string of the molecule is C=CCN(CC=C)c1nc(=S)[nH]c(=S)[nH]1.[H-].[Na+]. The summed E-state index contributed by atoms with van der Waals surface area (Å²) in [6, 6.07) is 0. The van der Waals surface area contributed by atoms with Crippen LogP contribution in [0.1, 0.15) is 1.43 Å². The largest absolute Gasteiger partial charge is 1.00 e.